The summed E-state index contributed by atoms with van der Waals surface area (Å²) in [6.07, 6.45) is 1.47. The first kappa shape index (κ1) is 31.6. The van der Waals surface area contributed by atoms with Crippen molar-refractivity contribution in [2.75, 3.05) is 10.8 Å². The molecule has 6 N–H and O–H groups in total. The second kappa shape index (κ2) is 13.0. The van der Waals surface area contributed by atoms with Crippen LogP contribution < -0.4 is 20.7 Å². The summed E-state index contributed by atoms with van der Waals surface area (Å²) in [7, 11) is -4.41. The van der Waals surface area contributed by atoms with E-state index in [1.54, 1.807) is 78.9 Å². The molecule has 13 heteroatoms. The van der Waals surface area contributed by atoms with E-state index < -0.39 is 34.5 Å². The molecule has 0 saturated heterocycles. The molecule has 0 spiro atoms. The van der Waals surface area contributed by atoms with Gasteiger partial charge in [-0.05, 0) is 53.6 Å². The largest absolute Gasteiger partial charge is 0.480 e. The number of nitrogens with one attached hydrogen (secondary N) is 3. The summed E-state index contributed by atoms with van der Waals surface area (Å²) in [5, 5.41) is 23.6. The molecule has 4 aromatic carbocycles. The van der Waals surface area contributed by atoms with Gasteiger partial charge in [0.15, 0.2) is 0 Å². The third-order valence-corrected chi connectivity index (χ3v) is 9.12. The van der Waals surface area contributed by atoms with Gasteiger partial charge in [0.1, 0.15) is 23.3 Å². The Bertz CT molecular complexity index is 2090. The molecule has 1 unspecified atom stereocenters. The number of amides is 2. The standard InChI is InChI=1S/C33H30N6O6S/c1-20(33(42)43)38-29(40)19-39(46(44,45)28-9-3-5-22-7-4-16-36-30(22)28)25-14-15-26-24(17-25)6-2-8-27(26)32(41)37-18-21-10-12-23(13-11-21)31(34)35/h2-17,20H,18-19H2,1H3,(H3,34,35)(H,37,41)(H,38,40)(H,42,43). The molecule has 0 aliphatic rings. The molecular weight excluding hydrogens is 608 g/mol. The van der Waals surface area contributed by atoms with Gasteiger partial charge in [0, 0.05) is 29.3 Å². The SMILES string of the molecule is CC(NC(=O)CN(c1ccc2c(C(=O)NCc3ccc(C(=N)N)cc3)cccc2c1)S(=O)(=O)c1cccc2cccnc12)C(=O)O. The number of nitrogen functional groups attached to an aromatic ring is 1. The zero-order valence-electron chi connectivity index (χ0n) is 24.6. The van der Waals surface area contributed by atoms with Crippen molar-refractivity contribution in [3.05, 3.63) is 114 Å². The molecule has 2 amide bonds. The van der Waals surface area contributed by atoms with Crippen LogP contribution in [0.5, 0.6) is 0 Å². The molecule has 0 fully saturated rings. The normalized spacial score (nSPS) is 11.9. The summed E-state index contributed by atoms with van der Waals surface area (Å²) in [5.74, 6) is -2.51. The highest BCUT2D eigenvalue weighted by atomic mass is 32.2. The number of carboxylic acids is 1. The zero-order valence-corrected chi connectivity index (χ0v) is 25.4. The Morgan fingerprint density at radius 1 is 0.957 bits per heavy atom. The molecule has 46 heavy (non-hydrogen) atoms. The summed E-state index contributed by atoms with van der Waals surface area (Å²) in [4.78, 5) is 41.7. The van der Waals surface area contributed by atoms with Gasteiger partial charge in [-0.2, -0.15) is 0 Å². The molecule has 0 saturated carbocycles. The van der Waals surface area contributed by atoms with E-state index in [0.29, 0.717) is 27.3 Å². The Balaban J connectivity index is 1.50. The maximum absolute atomic E-state index is 14.2. The minimum Gasteiger partial charge on any atom is -0.480 e. The Hall–Kier alpha value is -5.82. The average Bonchev–Trinajstić information content (AvgIpc) is 3.05. The maximum Gasteiger partial charge on any atom is 0.325 e. The predicted octanol–water partition coefficient (Wildman–Crippen LogP) is 3.39. The van der Waals surface area contributed by atoms with Crippen LogP contribution in [0.4, 0.5) is 5.69 Å². The van der Waals surface area contributed by atoms with E-state index >= 15 is 0 Å². The second-order valence-electron chi connectivity index (χ2n) is 10.5. The second-order valence-corrected chi connectivity index (χ2v) is 12.3. The first-order valence-electron chi connectivity index (χ1n) is 14.1. The van der Waals surface area contributed by atoms with Crippen LogP contribution in [0.2, 0.25) is 0 Å². The van der Waals surface area contributed by atoms with Crippen molar-refractivity contribution in [1.29, 1.82) is 5.41 Å². The van der Waals surface area contributed by atoms with Gasteiger partial charge in [-0.3, -0.25) is 29.1 Å². The lowest BCUT2D eigenvalue weighted by atomic mass is 10.0. The van der Waals surface area contributed by atoms with Gasteiger partial charge < -0.3 is 21.5 Å². The fraction of sp³-hybridized carbons (Fsp3) is 0.121. The van der Waals surface area contributed by atoms with Crippen molar-refractivity contribution in [3.8, 4) is 0 Å². The molecule has 0 bridgehead atoms. The van der Waals surface area contributed by atoms with E-state index in [2.05, 4.69) is 15.6 Å². The summed E-state index contributed by atoms with van der Waals surface area (Å²) < 4.78 is 29.3. The Labute approximate surface area is 264 Å². The molecule has 1 heterocycles. The number of anilines is 1. The lowest BCUT2D eigenvalue weighted by Crippen LogP contribution is -2.46. The number of nitrogens with two attached hydrogens (primary N) is 1. The third-order valence-electron chi connectivity index (χ3n) is 7.31. The number of nitrogens with zero attached hydrogens (tertiary/aromatic N) is 2. The highest BCUT2D eigenvalue weighted by molar-refractivity contribution is 7.93. The van der Waals surface area contributed by atoms with Crippen molar-refractivity contribution in [3.63, 3.8) is 0 Å². The van der Waals surface area contributed by atoms with Crippen molar-refractivity contribution in [2.24, 2.45) is 5.73 Å². The van der Waals surface area contributed by atoms with Gasteiger partial charge in [-0.1, -0.05) is 60.7 Å². The van der Waals surface area contributed by atoms with Crippen LogP contribution in [0, 0.1) is 5.41 Å². The fourth-order valence-corrected chi connectivity index (χ4v) is 6.48. The summed E-state index contributed by atoms with van der Waals surface area (Å²) in [6, 6.07) is 23.4. The number of amidine groups is 1. The van der Waals surface area contributed by atoms with E-state index in [1.807, 2.05) is 0 Å². The van der Waals surface area contributed by atoms with Gasteiger partial charge in [-0.25, -0.2) is 8.42 Å². The maximum atomic E-state index is 14.2. The average molecular weight is 639 g/mol. The molecular formula is C33H30N6O6S. The first-order valence-corrected chi connectivity index (χ1v) is 15.5. The van der Waals surface area contributed by atoms with Crippen molar-refractivity contribution in [1.82, 2.24) is 15.6 Å². The van der Waals surface area contributed by atoms with Crippen molar-refractivity contribution < 1.29 is 27.9 Å². The van der Waals surface area contributed by atoms with E-state index in [-0.39, 0.29) is 34.4 Å². The molecule has 234 valence electrons. The van der Waals surface area contributed by atoms with Crippen LogP contribution in [0.25, 0.3) is 21.7 Å². The number of aliphatic carboxylic acids is 1. The lowest BCUT2D eigenvalue weighted by molar-refractivity contribution is -0.141. The number of pyridine rings is 1. The fourth-order valence-electron chi connectivity index (χ4n) is 4.90. The Morgan fingerprint density at radius 3 is 2.37 bits per heavy atom. The predicted molar refractivity (Wildman–Crippen MR) is 174 cm³/mol. The van der Waals surface area contributed by atoms with Crippen LogP contribution in [0.1, 0.15) is 28.4 Å². The number of hydrogen-bond donors (Lipinski definition) is 5. The van der Waals surface area contributed by atoms with Gasteiger partial charge in [0.25, 0.3) is 15.9 Å². The number of carbonyl (C=O) groups is 3. The number of benzene rings is 4. The van der Waals surface area contributed by atoms with Gasteiger partial charge in [-0.15, -0.1) is 0 Å². The lowest BCUT2D eigenvalue weighted by Gasteiger charge is -2.25. The molecule has 12 nitrogen and oxygen atoms in total. The van der Waals surface area contributed by atoms with Gasteiger partial charge in [0.05, 0.1) is 11.2 Å². The molecule has 5 aromatic rings. The monoisotopic (exact) mass is 638 g/mol. The molecule has 1 atom stereocenters. The molecule has 0 aliphatic carbocycles. The topological polar surface area (TPSA) is 196 Å². The van der Waals surface area contributed by atoms with Crippen LogP contribution in [0.3, 0.4) is 0 Å². The van der Waals surface area contributed by atoms with Gasteiger partial charge in [0.2, 0.25) is 5.91 Å². The van der Waals surface area contributed by atoms with Gasteiger partial charge >= 0.3 is 5.97 Å². The van der Waals surface area contributed by atoms with E-state index in [9.17, 15) is 27.9 Å². The number of rotatable bonds is 11. The van der Waals surface area contributed by atoms with Crippen LogP contribution in [0.15, 0.2) is 102 Å². The molecule has 5 rings (SSSR count). The van der Waals surface area contributed by atoms with E-state index in [1.165, 1.54) is 25.3 Å². The number of aromatic nitrogens is 1. The number of carboxylic acid groups (broad SMARTS) is 1. The smallest absolute Gasteiger partial charge is 0.325 e. The van der Waals surface area contributed by atoms with Crippen molar-refractivity contribution >= 4 is 61.0 Å². The Morgan fingerprint density at radius 2 is 1.65 bits per heavy atom. The molecule has 0 radical (unpaired) electrons. The number of hydrogen-bond acceptors (Lipinski definition) is 7. The highest BCUT2D eigenvalue weighted by Crippen LogP contribution is 2.31. The van der Waals surface area contributed by atoms with Crippen LogP contribution in [-0.4, -0.2) is 54.7 Å². The van der Waals surface area contributed by atoms with Crippen LogP contribution >= 0.6 is 0 Å². The van der Waals surface area contributed by atoms with Crippen molar-refractivity contribution in [2.45, 2.75) is 24.4 Å². The third kappa shape index (κ3) is 6.64. The summed E-state index contributed by atoms with van der Waals surface area (Å²) in [5.41, 5.74) is 7.57. The Kier molecular flexibility index (Phi) is 8.96. The number of fused-ring (bicyclic) bond motifs is 2. The number of para-hydroxylation sites is 1. The first-order chi connectivity index (χ1) is 22.0. The van der Waals surface area contributed by atoms with E-state index in [0.717, 1.165) is 9.87 Å². The minimum atomic E-state index is -4.41. The number of sulfonamides is 1. The minimum absolute atomic E-state index is 0.0543. The van der Waals surface area contributed by atoms with E-state index in [4.69, 9.17) is 11.1 Å². The number of carbonyl (C=O) groups excluding carboxylic acids is 2. The summed E-state index contributed by atoms with van der Waals surface area (Å²) >= 11 is 0. The molecule has 1 aromatic heterocycles. The quantitative estimate of drug-likeness (QED) is 0.107. The zero-order chi connectivity index (χ0) is 33.0. The summed E-state index contributed by atoms with van der Waals surface area (Å²) in [6.45, 7) is 0.787. The molecule has 0 aliphatic heterocycles. The highest BCUT2D eigenvalue weighted by Gasteiger charge is 2.30. The van der Waals surface area contributed by atoms with Crippen LogP contribution in [-0.2, 0) is 26.2 Å².